The third kappa shape index (κ3) is 9.94. The first-order chi connectivity index (χ1) is 10.0. The zero-order valence-electron chi connectivity index (χ0n) is 14.2. The van der Waals surface area contributed by atoms with Gasteiger partial charge in [-0.3, -0.25) is 4.79 Å². The Kier molecular flexibility index (Phi) is 11.4. The minimum atomic E-state index is -0.153. The smallest absolute Gasteiger partial charge is 0.308 e. The van der Waals surface area contributed by atoms with Gasteiger partial charge in [0.2, 0.25) is 0 Å². The summed E-state index contributed by atoms with van der Waals surface area (Å²) in [6.07, 6.45) is 3.62. The van der Waals surface area contributed by atoms with Gasteiger partial charge in [-0.05, 0) is 24.1 Å². The maximum atomic E-state index is 11.3. The SMILES string of the molecule is CCC.CCCCNc1ccc(COC(=O)C(C)C)cc1. The van der Waals surface area contributed by atoms with Crippen LogP contribution in [0.4, 0.5) is 5.69 Å². The van der Waals surface area contributed by atoms with Crippen LogP contribution < -0.4 is 5.32 Å². The van der Waals surface area contributed by atoms with E-state index in [1.165, 1.54) is 19.3 Å². The zero-order chi connectivity index (χ0) is 16.1. The highest BCUT2D eigenvalue weighted by molar-refractivity contribution is 5.71. The van der Waals surface area contributed by atoms with Gasteiger partial charge in [-0.1, -0.05) is 59.6 Å². The van der Waals surface area contributed by atoms with Crippen molar-refractivity contribution in [3.63, 3.8) is 0 Å². The lowest BCUT2D eigenvalue weighted by Crippen LogP contribution is -2.11. The standard InChI is InChI=1S/C15H23NO2.C3H8/c1-4-5-10-16-14-8-6-13(7-9-14)11-18-15(17)12(2)3;1-3-2/h6-9,12,16H,4-5,10-11H2,1-3H3;3H2,1-2H3. The molecule has 0 fully saturated rings. The number of anilines is 1. The molecule has 0 spiro atoms. The highest BCUT2D eigenvalue weighted by Crippen LogP contribution is 2.11. The van der Waals surface area contributed by atoms with Crippen LogP contribution >= 0.6 is 0 Å². The molecule has 1 aromatic carbocycles. The summed E-state index contributed by atoms with van der Waals surface area (Å²) in [7, 11) is 0. The molecule has 0 amide bonds. The van der Waals surface area contributed by atoms with E-state index in [1.807, 2.05) is 38.1 Å². The van der Waals surface area contributed by atoms with Crippen LogP contribution in [-0.4, -0.2) is 12.5 Å². The number of rotatable bonds is 7. The molecule has 120 valence electrons. The van der Waals surface area contributed by atoms with Crippen LogP contribution in [-0.2, 0) is 16.1 Å². The van der Waals surface area contributed by atoms with Gasteiger partial charge < -0.3 is 10.1 Å². The van der Waals surface area contributed by atoms with Crippen LogP contribution in [0.15, 0.2) is 24.3 Å². The van der Waals surface area contributed by atoms with E-state index >= 15 is 0 Å². The summed E-state index contributed by atoms with van der Waals surface area (Å²) in [6, 6.07) is 8.02. The van der Waals surface area contributed by atoms with Gasteiger partial charge in [0.15, 0.2) is 0 Å². The number of hydrogen-bond donors (Lipinski definition) is 1. The molecule has 0 aromatic heterocycles. The van der Waals surface area contributed by atoms with Crippen molar-refractivity contribution < 1.29 is 9.53 Å². The Balaban J connectivity index is 0.00000122. The third-order valence-corrected chi connectivity index (χ3v) is 2.67. The number of hydrogen-bond acceptors (Lipinski definition) is 3. The fourth-order valence-corrected chi connectivity index (χ4v) is 1.45. The minimum Gasteiger partial charge on any atom is -0.461 e. The van der Waals surface area contributed by atoms with Gasteiger partial charge in [0.05, 0.1) is 5.92 Å². The Hall–Kier alpha value is -1.51. The van der Waals surface area contributed by atoms with Crippen molar-refractivity contribution in [2.45, 2.75) is 60.5 Å². The van der Waals surface area contributed by atoms with Gasteiger partial charge in [0.25, 0.3) is 0 Å². The number of unbranched alkanes of at least 4 members (excludes halogenated alkanes) is 1. The lowest BCUT2D eigenvalue weighted by Gasteiger charge is -2.09. The van der Waals surface area contributed by atoms with Gasteiger partial charge in [-0.25, -0.2) is 0 Å². The highest BCUT2D eigenvalue weighted by atomic mass is 16.5. The first kappa shape index (κ1) is 19.5. The third-order valence-electron chi connectivity index (χ3n) is 2.67. The number of ether oxygens (including phenoxy) is 1. The van der Waals surface area contributed by atoms with Gasteiger partial charge >= 0.3 is 5.97 Å². The second-order valence-electron chi connectivity index (χ2n) is 5.45. The zero-order valence-corrected chi connectivity index (χ0v) is 14.2. The molecule has 0 aliphatic heterocycles. The highest BCUT2D eigenvalue weighted by Gasteiger charge is 2.07. The second kappa shape index (κ2) is 12.2. The predicted molar refractivity (Wildman–Crippen MR) is 90.4 cm³/mol. The summed E-state index contributed by atoms with van der Waals surface area (Å²) in [5.41, 5.74) is 2.13. The Morgan fingerprint density at radius 3 is 2.19 bits per heavy atom. The van der Waals surface area contributed by atoms with Crippen molar-refractivity contribution in [3.05, 3.63) is 29.8 Å². The Bertz CT molecular complexity index is 371. The lowest BCUT2D eigenvalue weighted by molar-refractivity contribution is -0.148. The van der Waals surface area contributed by atoms with Crippen molar-refractivity contribution in [1.82, 2.24) is 0 Å². The molecule has 0 radical (unpaired) electrons. The maximum absolute atomic E-state index is 11.3. The van der Waals surface area contributed by atoms with Crippen LogP contribution in [0.5, 0.6) is 0 Å². The average Bonchev–Trinajstić information content (AvgIpc) is 2.47. The Morgan fingerprint density at radius 2 is 1.71 bits per heavy atom. The molecule has 0 saturated heterocycles. The monoisotopic (exact) mass is 293 g/mol. The summed E-state index contributed by atoms with van der Waals surface area (Å²) in [6.45, 7) is 11.4. The molecule has 0 atom stereocenters. The molecule has 0 bridgehead atoms. The van der Waals surface area contributed by atoms with Crippen LogP contribution in [0.2, 0.25) is 0 Å². The van der Waals surface area contributed by atoms with E-state index in [0.29, 0.717) is 6.61 Å². The van der Waals surface area contributed by atoms with E-state index in [9.17, 15) is 4.79 Å². The number of nitrogens with one attached hydrogen (secondary N) is 1. The topological polar surface area (TPSA) is 38.3 Å². The number of esters is 1. The van der Waals surface area contributed by atoms with Gasteiger partial charge in [-0.2, -0.15) is 0 Å². The van der Waals surface area contributed by atoms with Crippen LogP contribution in [0.3, 0.4) is 0 Å². The van der Waals surface area contributed by atoms with Gasteiger partial charge in [0, 0.05) is 12.2 Å². The van der Waals surface area contributed by atoms with Crippen molar-refractivity contribution >= 4 is 11.7 Å². The van der Waals surface area contributed by atoms with Crippen LogP contribution in [0, 0.1) is 5.92 Å². The molecule has 0 unspecified atom stereocenters. The van der Waals surface area contributed by atoms with Gasteiger partial charge in [-0.15, -0.1) is 0 Å². The first-order valence-electron chi connectivity index (χ1n) is 8.04. The second-order valence-corrected chi connectivity index (χ2v) is 5.45. The van der Waals surface area contributed by atoms with Crippen LogP contribution in [0.25, 0.3) is 0 Å². The number of benzene rings is 1. The largest absolute Gasteiger partial charge is 0.461 e. The predicted octanol–water partition coefficient (Wildman–Crippen LogP) is 5.01. The molecule has 1 rings (SSSR count). The van der Waals surface area contributed by atoms with E-state index in [2.05, 4.69) is 26.1 Å². The molecule has 0 heterocycles. The number of carbonyl (C=O) groups is 1. The van der Waals surface area contributed by atoms with E-state index in [0.717, 1.165) is 17.8 Å². The fourth-order valence-electron chi connectivity index (χ4n) is 1.45. The van der Waals surface area contributed by atoms with Crippen molar-refractivity contribution in [3.8, 4) is 0 Å². The van der Waals surface area contributed by atoms with Crippen LogP contribution in [0.1, 0.15) is 59.4 Å². The Morgan fingerprint density at radius 1 is 1.14 bits per heavy atom. The quantitative estimate of drug-likeness (QED) is 0.567. The van der Waals surface area contributed by atoms with Crippen molar-refractivity contribution in [2.24, 2.45) is 5.92 Å². The minimum absolute atomic E-state index is 0.0695. The molecule has 21 heavy (non-hydrogen) atoms. The Labute approximate surface area is 130 Å². The van der Waals surface area contributed by atoms with Gasteiger partial charge in [0.1, 0.15) is 6.61 Å². The average molecular weight is 293 g/mol. The first-order valence-corrected chi connectivity index (χ1v) is 8.04. The van der Waals surface area contributed by atoms with E-state index < -0.39 is 0 Å². The van der Waals surface area contributed by atoms with E-state index in [4.69, 9.17) is 4.74 Å². The molecule has 0 saturated carbocycles. The summed E-state index contributed by atoms with van der Waals surface area (Å²) in [5.74, 6) is -0.222. The number of carbonyl (C=O) groups excluding carboxylic acids is 1. The maximum Gasteiger partial charge on any atom is 0.308 e. The molecule has 0 aliphatic carbocycles. The summed E-state index contributed by atoms with van der Waals surface area (Å²) < 4.78 is 5.17. The molecular formula is C18H31NO2. The summed E-state index contributed by atoms with van der Waals surface area (Å²) >= 11 is 0. The van der Waals surface area contributed by atoms with E-state index in [1.54, 1.807) is 0 Å². The molecule has 1 aromatic rings. The normalized spacial score (nSPS) is 9.81. The summed E-state index contributed by atoms with van der Waals surface area (Å²) in [5, 5.41) is 3.35. The molecule has 1 N–H and O–H groups in total. The summed E-state index contributed by atoms with van der Waals surface area (Å²) in [4.78, 5) is 11.3. The van der Waals surface area contributed by atoms with Crippen molar-refractivity contribution in [2.75, 3.05) is 11.9 Å². The van der Waals surface area contributed by atoms with Crippen molar-refractivity contribution in [1.29, 1.82) is 0 Å². The molecule has 3 heteroatoms. The fraction of sp³-hybridized carbons (Fsp3) is 0.611. The lowest BCUT2D eigenvalue weighted by atomic mass is 10.2. The molecular weight excluding hydrogens is 262 g/mol. The molecule has 0 aliphatic rings. The van der Waals surface area contributed by atoms with E-state index in [-0.39, 0.29) is 11.9 Å². The molecule has 3 nitrogen and oxygen atoms in total.